The summed E-state index contributed by atoms with van der Waals surface area (Å²) in [6.07, 6.45) is 43.2. The van der Waals surface area contributed by atoms with Gasteiger partial charge in [-0.25, -0.2) is 0 Å². The Balaban J connectivity index is 3.67. The summed E-state index contributed by atoms with van der Waals surface area (Å²) in [6, 6.07) is 0. The van der Waals surface area contributed by atoms with Gasteiger partial charge in [0.2, 0.25) is 0 Å². The fraction of sp³-hybridized carbons (Fsp3) is 1.00. The van der Waals surface area contributed by atoms with Crippen LogP contribution in [-0.4, -0.2) is 36.8 Å². The lowest BCUT2D eigenvalue weighted by Gasteiger charge is -2.23. The maximum Gasteiger partial charge on any atom is 0.0558 e. The summed E-state index contributed by atoms with van der Waals surface area (Å²) < 4.78 is 0. The first-order valence-electron chi connectivity index (χ1n) is 18.5. The molecule has 39 heavy (non-hydrogen) atoms. The highest BCUT2D eigenvalue weighted by atomic mass is 16.3. The standard InChI is InChI=1S/C37H77NO/c1-4-6-8-10-12-14-16-18-20-22-24-26-28-30-32-37(36-38(3)34-35-39)33-31-29-27-25-23-21-19-17-15-13-11-9-7-5-2/h37,39H,4-36H2,1-3H3. The van der Waals surface area contributed by atoms with Crippen LogP contribution in [0.15, 0.2) is 0 Å². The predicted molar refractivity (Wildman–Crippen MR) is 178 cm³/mol. The van der Waals surface area contributed by atoms with E-state index < -0.39 is 0 Å². The highest BCUT2D eigenvalue weighted by molar-refractivity contribution is 4.65. The van der Waals surface area contributed by atoms with Crippen LogP contribution in [0.1, 0.15) is 206 Å². The molecule has 0 aliphatic heterocycles. The highest BCUT2D eigenvalue weighted by Crippen LogP contribution is 2.21. The predicted octanol–water partition coefficient (Wildman–Crippen LogP) is 12.3. The molecule has 236 valence electrons. The quantitative estimate of drug-likeness (QED) is 0.0804. The van der Waals surface area contributed by atoms with Crippen LogP contribution in [0.5, 0.6) is 0 Å². The lowest BCUT2D eigenvalue weighted by Crippen LogP contribution is -2.28. The van der Waals surface area contributed by atoms with Crippen LogP contribution in [-0.2, 0) is 0 Å². The molecule has 0 fully saturated rings. The molecule has 0 bridgehead atoms. The molecule has 0 radical (unpaired) electrons. The van der Waals surface area contributed by atoms with Crippen LogP contribution in [0.25, 0.3) is 0 Å². The number of hydrogen-bond acceptors (Lipinski definition) is 2. The van der Waals surface area contributed by atoms with Gasteiger partial charge in [0.15, 0.2) is 0 Å². The van der Waals surface area contributed by atoms with E-state index in [0.29, 0.717) is 6.61 Å². The van der Waals surface area contributed by atoms with E-state index >= 15 is 0 Å². The van der Waals surface area contributed by atoms with Gasteiger partial charge in [0.05, 0.1) is 6.61 Å². The van der Waals surface area contributed by atoms with Crippen LogP contribution in [0.3, 0.4) is 0 Å². The van der Waals surface area contributed by atoms with Crippen molar-refractivity contribution in [3.8, 4) is 0 Å². The molecule has 2 nitrogen and oxygen atoms in total. The molecule has 0 saturated carbocycles. The second-order valence-electron chi connectivity index (χ2n) is 13.1. The van der Waals surface area contributed by atoms with Crippen molar-refractivity contribution in [1.82, 2.24) is 4.90 Å². The number of aliphatic hydroxyl groups is 1. The summed E-state index contributed by atoms with van der Waals surface area (Å²) in [6.45, 7) is 6.90. The van der Waals surface area contributed by atoms with Gasteiger partial charge in [-0.15, -0.1) is 0 Å². The van der Waals surface area contributed by atoms with Gasteiger partial charge in [-0.2, -0.15) is 0 Å². The minimum atomic E-state index is 0.293. The molecule has 0 aromatic carbocycles. The molecule has 0 spiro atoms. The second kappa shape index (κ2) is 34.1. The van der Waals surface area contributed by atoms with E-state index in [1.165, 1.54) is 199 Å². The Morgan fingerprint density at radius 2 is 0.667 bits per heavy atom. The molecule has 0 unspecified atom stereocenters. The first-order valence-corrected chi connectivity index (χ1v) is 18.5. The minimum Gasteiger partial charge on any atom is -0.395 e. The maximum atomic E-state index is 9.32. The Labute approximate surface area is 248 Å². The molecule has 1 N–H and O–H groups in total. The smallest absolute Gasteiger partial charge is 0.0558 e. The van der Waals surface area contributed by atoms with Gasteiger partial charge < -0.3 is 10.0 Å². The van der Waals surface area contributed by atoms with Gasteiger partial charge in [-0.05, 0) is 25.8 Å². The molecular weight excluding hydrogens is 474 g/mol. The van der Waals surface area contributed by atoms with Crippen molar-refractivity contribution >= 4 is 0 Å². The van der Waals surface area contributed by atoms with Gasteiger partial charge in [0.1, 0.15) is 0 Å². The van der Waals surface area contributed by atoms with E-state index in [2.05, 4.69) is 25.8 Å². The zero-order chi connectivity index (χ0) is 28.5. The van der Waals surface area contributed by atoms with Gasteiger partial charge in [0, 0.05) is 13.1 Å². The molecule has 0 aliphatic carbocycles. The van der Waals surface area contributed by atoms with Crippen molar-refractivity contribution in [1.29, 1.82) is 0 Å². The average Bonchev–Trinajstić information content (AvgIpc) is 2.93. The first-order chi connectivity index (χ1) is 19.2. The Bertz CT molecular complexity index is 394. The minimum absolute atomic E-state index is 0.293. The molecule has 0 atom stereocenters. The number of hydrogen-bond donors (Lipinski definition) is 1. The topological polar surface area (TPSA) is 23.5 Å². The average molecular weight is 552 g/mol. The van der Waals surface area contributed by atoms with Crippen molar-refractivity contribution in [2.75, 3.05) is 26.7 Å². The zero-order valence-electron chi connectivity index (χ0n) is 27.8. The zero-order valence-corrected chi connectivity index (χ0v) is 27.8. The Morgan fingerprint density at radius 1 is 0.410 bits per heavy atom. The number of likely N-dealkylation sites (N-methyl/N-ethyl adjacent to an activating group) is 1. The fourth-order valence-corrected chi connectivity index (χ4v) is 6.28. The molecule has 0 heterocycles. The number of aliphatic hydroxyl groups excluding tert-OH is 1. The lowest BCUT2D eigenvalue weighted by molar-refractivity contribution is 0.192. The van der Waals surface area contributed by atoms with Crippen LogP contribution in [0, 0.1) is 5.92 Å². The third-order valence-corrected chi connectivity index (χ3v) is 8.98. The van der Waals surface area contributed by atoms with Gasteiger partial charge in [-0.3, -0.25) is 0 Å². The van der Waals surface area contributed by atoms with Gasteiger partial charge >= 0.3 is 0 Å². The summed E-state index contributed by atoms with van der Waals surface area (Å²) in [5.74, 6) is 0.830. The molecule has 0 aromatic rings. The van der Waals surface area contributed by atoms with E-state index in [0.717, 1.165) is 12.5 Å². The number of unbranched alkanes of at least 4 members (excludes halogenated alkanes) is 26. The summed E-state index contributed by atoms with van der Waals surface area (Å²) in [5.41, 5.74) is 0. The monoisotopic (exact) mass is 552 g/mol. The Hall–Kier alpha value is -0.0800. The SMILES string of the molecule is CCCCCCCCCCCCCCCCC(CCCCCCCCCCCCCCCC)CN(C)CCO. The molecule has 0 amide bonds. The van der Waals surface area contributed by atoms with Crippen LogP contribution in [0.4, 0.5) is 0 Å². The Kier molecular flexibility index (Phi) is 34.1. The Morgan fingerprint density at radius 3 is 0.923 bits per heavy atom. The van der Waals surface area contributed by atoms with E-state index in [1.54, 1.807) is 0 Å². The maximum absolute atomic E-state index is 9.32. The first kappa shape index (κ1) is 38.9. The summed E-state index contributed by atoms with van der Waals surface area (Å²) in [7, 11) is 2.19. The van der Waals surface area contributed by atoms with Crippen molar-refractivity contribution in [3.05, 3.63) is 0 Å². The third kappa shape index (κ3) is 32.3. The van der Waals surface area contributed by atoms with Crippen LogP contribution >= 0.6 is 0 Å². The van der Waals surface area contributed by atoms with Crippen molar-refractivity contribution in [2.24, 2.45) is 5.92 Å². The van der Waals surface area contributed by atoms with Gasteiger partial charge in [-0.1, -0.05) is 194 Å². The highest BCUT2D eigenvalue weighted by Gasteiger charge is 2.11. The molecule has 0 aromatic heterocycles. The molecule has 0 saturated heterocycles. The molecule has 0 rings (SSSR count). The van der Waals surface area contributed by atoms with Crippen LogP contribution in [0.2, 0.25) is 0 Å². The molecule has 2 heteroatoms. The normalized spacial score (nSPS) is 11.8. The largest absolute Gasteiger partial charge is 0.395 e. The number of nitrogens with zero attached hydrogens (tertiary/aromatic N) is 1. The molecule has 0 aliphatic rings. The summed E-state index contributed by atoms with van der Waals surface area (Å²) in [5, 5.41) is 9.32. The third-order valence-electron chi connectivity index (χ3n) is 8.98. The van der Waals surface area contributed by atoms with Crippen molar-refractivity contribution in [2.45, 2.75) is 206 Å². The molecular formula is C37H77NO. The van der Waals surface area contributed by atoms with Crippen molar-refractivity contribution in [3.63, 3.8) is 0 Å². The number of rotatable bonds is 34. The van der Waals surface area contributed by atoms with E-state index in [1.807, 2.05) is 0 Å². The van der Waals surface area contributed by atoms with Gasteiger partial charge in [0.25, 0.3) is 0 Å². The van der Waals surface area contributed by atoms with E-state index in [-0.39, 0.29) is 0 Å². The van der Waals surface area contributed by atoms with Crippen LogP contribution < -0.4 is 0 Å². The summed E-state index contributed by atoms with van der Waals surface area (Å²) >= 11 is 0. The second-order valence-corrected chi connectivity index (χ2v) is 13.1. The lowest BCUT2D eigenvalue weighted by atomic mass is 9.93. The van der Waals surface area contributed by atoms with Crippen molar-refractivity contribution < 1.29 is 5.11 Å². The van der Waals surface area contributed by atoms with E-state index in [9.17, 15) is 5.11 Å². The fourth-order valence-electron chi connectivity index (χ4n) is 6.28. The summed E-state index contributed by atoms with van der Waals surface area (Å²) in [4.78, 5) is 2.36. The van der Waals surface area contributed by atoms with E-state index in [4.69, 9.17) is 0 Å².